The Bertz CT molecular complexity index is 970. The summed E-state index contributed by atoms with van der Waals surface area (Å²) in [5, 5.41) is 9.16. The minimum Gasteiger partial charge on any atom is -0.385 e. The molecule has 0 saturated heterocycles. The molecular weight excluding hydrogens is 334 g/mol. The van der Waals surface area contributed by atoms with Gasteiger partial charge in [-0.05, 0) is 41.3 Å². The molecule has 1 amide bonds. The summed E-state index contributed by atoms with van der Waals surface area (Å²) >= 11 is 0. The molecule has 1 aliphatic rings. The van der Waals surface area contributed by atoms with Gasteiger partial charge in [0.15, 0.2) is 0 Å². The number of carbonyl (C=O) groups excluding carboxylic acids is 1. The van der Waals surface area contributed by atoms with Gasteiger partial charge in [-0.25, -0.2) is 0 Å². The van der Waals surface area contributed by atoms with Crippen LogP contribution < -0.4 is 5.73 Å². The van der Waals surface area contributed by atoms with Crippen LogP contribution >= 0.6 is 0 Å². The van der Waals surface area contributed by atoms with E-state index in [2.05, 4.69) is 18.7 Å². The topological polar surface area (TPSA) is 70.1 Å². The van der Waals surface area contributed by atoms with Gasteiger partial charge in [0.1, 0.15) is 5.82 Å². The standard InChI is InChI=1S/C23H23N3O/c1-4-7-20-22(27)26(3)21(25)14-23(20,2)19-11-6-10-18(13-19)17-9-5-8-16(12-17)15-24/h4-6,8-14,20H,1,7,25H2,2-3H3/t20-,23+/m0/s1. The van der Waals surface area contributed by atoms with Gasteiger partial charge < -0.3 is 10.6 Å². The number of hydrogen-bond donors (Lipinski definition) is 1. The molecule has 4 heteroatoms. The molecule has 1 heterocycles. The Morgan fingerprint density at radius 3 is 2.59 bits per heavy atom. The predicted octanol–water partition coefficient (Wildman–Crippen LogP) is 3.95. The largest absolute Gasteiger partial charge is 0.385 e. The Balaban J connectivity index is 2.13. The lowest BCUT2D eigenvalue weighted by atomic mass is 9.67. The van der Waals surface area contributed by atoms with Crippen molar-refractivity contribution in [1.29, 1.82) is 5.26 Å². The highest BCUT2D eigenvalue weighted by molar-refractivity contribution is 5.84. The summed E-state index contributed by atoms with van der Waals surface area (Å²) in [6.07, 6.45) is 4.31. The molecule has 0 aromatic heterocycles. The van der Waals surface area contributed by atoms with Crippen molar-refractivity contribution in [2.24, 2.45) is 11.7 Å². The smallest absolute Gasteiger partial charge is 0.232 e. The highest BCUT2D eigenvalue weighted by Gasteiger charge is 2.43. The van der Waals surface area contributed by atoms with Gasteiger partial charge in [0.2, 0.25) is 5.91 Å². The molecule has 0 bridgehead atoms. The number of rotatable bonds is 4. The zero-order valence-electron chi connectivity index (χ0n) is 15.6. The summed E-state index contributed by atoms with van der Waals surface area (Å²) in [4.78, 5) is 14.4. The van der Waals surface area contributed by atoms with Crippen LogP contribution in [0.2, 0.25) is 0 Å². The lowest BCUT2D eigenvalue weighted by Crippen LogP contribution is -2.49. The molecule has 3 rings (SSSR count). The van der Waals surface area contributed by atoms with Gasteiger partial charge in [-0.2, -0.15) is 5.26 Å². The molecule has 2 aromatic carbocycles. The average molecular weight is 357 g/mol. The summed E-state index contributed by atoms with van der Waals surface area (Å²) in [6.45, 7) is 5.87. The minimum absolute atomic E-state index is 0.00530. The molecule has 2 aromatic rings. The Hall–Kier alpha value is -3.32. The van der Waals surface area contributed by atoms with Crippen LogP contribution in [0.1, 0.15) is 24.5 Å². The SMILES string of the molecule is C=CC[C@H]1C(=O)N(C)C(N)=C[C@]1(C)c1cccc(-c2cccc(C#N)c2)c1. The zero-order chi connectivity index (χ0) is 19.6. The Morgan fingerprint density at radius 2 is 1.93 bits per heavy atom. The van der Waals surface area contributed by atoms with Gasteiger partial charge in [-0.1, -0.05) is 49.4 Å². The fourth-order valence-corrected chi connectivity index (χ4v) is 3.72. The normalized spacial score (nSPS) is 22.1. The Kier molecular flexibility index (Phi) is 4.87. The van der Waals surface area contributed by atoms with E-state index in [0.29, 0.717) is 17.8 Å². The van der Waals surface area contributed by atoms with E-state index in [9.17, 15) is 4.79 Å². The number of nitrogens with two attached hydrogens (primary N) is 1. The molecule has 136 valence electrons. The third-order valence-electron chi connectivity index (χ3n) is 5.40. The van der Waals surface area contributed by atoms with Crippen LogP contribution in [0.3, 0.4) is 0 Å². The van der Waals surface area contributed by atoms with Gasteiger partial charge in [-0.15, -0.1) is 6.58 Å². The predicted molar refractivity (Wildman–Crippen MR) is 107 cm³/mol. The molecule has 0 radical (unpaired) electrons. The first-order valence-electron chi connectivity index (χ1n) is 8.88. The van der Waals surface area contributed by atoms with E-state index in [-0.39, 0.29) is 11.8 Å². The van der Waals surface area contributed by atoms with Gasteiger partial charge in [-0.3, -0.25) is 4.79 Å². The number of nitriles is 1. The lowest BCUT2D eigenvalue weighted by Gasteiger charge is -2.41. The first-order chi connectivity index (χ1) is 12.9. The van der Waals surface area contributed by atoms with Crippen LogP contribution in [-0.2, 0) is 10.2 Å². The molecule has 0 unspecified atom stereocenters. The van der Waals surface area contributed by atoms with E-state index in [4.69, 9.17) is 11.0 Å². The second-order valence-corrected chi connectivity index (χ2v) is 7.10. The van der Waals surface area contributed by atoms with Crippen LogP contribution in [0.25, 0.3) is 11.1 Å². The zero-order valence-corrected chi connectivity index (χ0v) is 15.6. The van der Waals surface area contributed by atoms with Crippen LogP contribution in [0.4, 0.5) is 0 Å². The van der Waals surface area contributed by atoms with Gasteiger partial charge in [0, 0.05) is 12.5 Å². The molecule has 4 nitrogen and oxygen atoms in total. The van der Waals surface area contributed by atoms with Crippen molar-refractivity contribution in [2.45, 2.75) is 18.8 Å². The maximum Gasteiger partial charge on any atom is 0.232 e. The van der Waals surface area contributed by atoms with Crippen molar-refractivity contribution in [3.8, 4) is 17.2 Å². The summed E-state index contributed by atoms with van der Waals surface area (Å²) < 4.78 is 0. The number of carbonyl (C=O) groups is 1. The van der Waals surface area contributed by atoms with Crippen molar-refractivity contribution < 1.29 is 4.79 Å². The second-order valence-electron chi connectivity index (χ2n) is 7.10. The van der Waals surface area contributed by atoms with E-state index in [1.165, 1.54) is 4.90 Å². The van der Waals surface area contributed by atoms with Crippen molar-refractivity contribution in [2.75, 3.05) is 7.05 Å². The summed E-state index contributed by atoms with van der Waals surface area (Å²) in [7, 11) is 1.70. The number of nitrogens with zero attached hydrogens (tertiary/aromatic N) is 2. The number of hydrogen-bond acceptors (Lipinski definition) is 3. The second kappa shape index (κ2) is 7.13. The first-order valence-corrected chi connectivity index (χ1v) is 8.88. The van der Waals surface area contributed by atoms with Gasteiger partial charge >= 0.3 is 0 Å². The highest BCUT2D eigenvalue weighted by atomic mass is 16.2. The fraction of sp³-hybridized carbons (Fsp3) is 0.217. The number of benzene rings is 2. The van der Waals surface area contributed by atoms with E-state index >= 15 is 0 Å². The minimum atomic E-state index is -0.537. The van der Waals surface area contributed by atoms with Crippen molar-refractivity contribution in [1.82, 2.24) is 4.90 Å². The Morgan fingerprint density at radius 1 is 1.26 bits per heavy atom. The molecule has 0 spiro atoms. The summed E-state index contributed by atoms with van der Waals surface area (Å²) in [5.41, 5.74) is 9.19. The molecule has 2 N–H and O–H groups in total. The van der Waals surface area contributed by atoms with E-state index in [0.717, 1.165) is 16.7 Å². The van der Waals surface area contributed by atoms with E-state index in [1.54, 1.807) is 19.2 Å². The molecule has 27 heavy (non-hydrogen) atoms. The molecular formula is C23H23N3O. The van der Waals surface area contributed by atoms with Gasteiger partial charge in [0.05, 0.1) is 17.6 Å². The third kappa shape index (κ3) is 3.24. The van der Waals surface area contributed by atoms with Crippen molar-refractivity contribution >= 4 is 5.91 Å². The fourth-order valence-electron chi connectivity index (χ4n) is 3.72. The van der Waals surface area contributed by atoms with Crippen LogP contribution in [-0.4, -0.2) is 17.9 Å². The molecule has 0 fully saturated rings. The first kappa shape index (κ1) is 18.5. The molecule has 0 saturated carbocycles. The Labute approximate surface area is 160 Å². The maximum atomic E-state index is 12.9. The quantitative estimate of drug-likeness (QED) is 0.842. The van der Waals surface area contributed by atoms with Crippen molar-refractivity contribution in [3.05, 3.63) is 84.2 Å². The third-order valence-corrected chi connectivity index (χ3v) is 5.40. The van der Waals surface area contributed by atoms with E-state index in [1.807, 2.05) is 49.4 Å². The molecule has 2 atom stereocenters. The molecule has 0 aliphatic carbocycles. The van der Waals surface area contributed by atoms with Crippen LogP contribution in [0.15, 0.2) is 73.1 Å². The van der Waals surface area contributed by atoms with Crippen molar-refractivity contribution in [3.63, 3.8) is 0 Å². The monoisotopic (exact) mass is 357 g/mol. The van der Waals surface area contributed by atoms with Crippen LogP contribution in [0, 0.1) is 17.2 Å². The summed E-state index contributed by atoms with van der Waals surface area (Å²) in [6, 6.07) is 17.8. The average Bonchev–Trinajstić information content (AvgIpc) is 2.70. The number of allylic oxidation sites excluding steroid dienone is 2. The number of amides is 1. The highest BCUT2D eigenvalue weighted by Crippen LogP contribution is 2.42. The van der Waals surface area contributed by atoms with Crippen LogP contribution in [0.5, 0.6) is 0 Å². The van der Waals surface area contributed by atoms with Gasteiger partial charge in [0.25, 0.3) is 0 Å². The lowest BCUT2D eigenvalue weighted by molar-refractivity contribution is -0.135. The maximum absolute atomic E-state index is 12.9. The van der Waals surface area contributed by atoms with E-state index < -0.39 is 5.41 Å². The molecule has 1 aliphatic heterocycles. The summed E-state index contributed by atoms with van der Waals surface area (Å²) in [5.74, 6) is 0.182.